The van der Waals surface area contributed by atoms with Crippen molar-refractivity contribution in [1.82, 2.24) is 4.98 Å². The van der Waals surface area contributed by atoms with E-state index in [1.54, 1.807) is 25.1 Å². The molecule has 6 heteroatoms. The van der Waals surface area contributed by atoms with E-state index in [1.807, 2.05) is 54.6 Å². The first kappa shape index (κ1) is 19.8. The molecule has 0 spiro atoms. The molecule has 0 saturated heterocycles. The highest BCUT2D eigenvalue weighted by Gasteiger charge is 2.15. The lowest BCUT2D eigenvalue weighted by Gasteiger charge is -2.11. The molecule has 1 aromatic heterocycles. The first-order chi connectivity index (χ1) is 14.5. The third-order valence-electron chi connectivity index (χ3n) is 4.88. The smallest absolute Gasteiger partial charge is 0.256 e. The summed E-state index contributed by atoms with van der Waals surface area (Å²) in [5, 5.41) is 3.61. The quantitative estimate of drug-likeness (QED) is 0.500. The Balaban J connectivity index is 1.71. The fourth-order valence-electron chi connectivity index (χ4n) is 3.23. The topological polar surface area (TPSA) is 76.1 Å². The third-order valence-corrected chi connectivity index (χ3v) is 6.63. The first-order valence-corrected chi connectivity index (χ1v) is 11.2. The molecule has 30 heavy (non-hydrogen) atoms. The summed E-state index contributed by atoms with van der Waals surface area (Å²) in [6.45, 7) is 1.60. The molecule has 0 unspecified atom stereocenters. The van der Waals surface area contributed by atoms with E-state index in [4.69, 9.17) is 4.98 Å². The van der Waals surface area contributed by atoms with E-state index in [-0.39, 0.29) is 16.6 Å². The van der Waals surface area contributed by atoms with Gasteiger partial charge >= 0.3 is 0 Å². The van der Waals surface area contributed by atoms with Gasteiger partial charge in [-0.2, -0.15) is 0 Å². The van der Waals surface area contributed by atoms with E-state index in [2.05, 4.69) is 5.32 Å². The standard InChI is InChI=1S/C24H20N2O3S/c1-2-30(28,29)19-14-12-18(13-15-19)25-24(27)21-16-23(17-8-4-3-5-9-17)26-22-11-7-6-10-20(21)22/h3-16H,2H2,1H3,(H,25,27). The number of carbonyl (C=O) groups is 1. The summed E-state index contributed by atoms with van der Waals surface area (Å²) < 4.78 is 24.0. The normalized spacial score (nSPS) is 11.4. The van der Waals surface area contributed by atoms with Crippen LogP contribution < -0.4 is 5.32 Å². The number of sulfone groups is 1. The van der Waals surface area contributed by atoms with Crippen LogP contribution in [0.5, 0.6) is 0 Å². The molecule has 0 aliphatic carbocycles. The maximum atomic E-state index is 13.1. The number of aromatic nitrogens is 1. The maximum absolute atomic E-state index is 13.1. The number of rotatable bonds is 5. The van der Waals surface area contributed by atoms with Crippen LogP contribution in [-0.2, 0) is 9.84 Å². The van der Waals surface area contributed by atoms with E-state index >= 15 is 0 Å². The van der Waals surface area contributed by atoms with E-state index < -0.39 is 9.84 Å². The van der Waals surface area contributed by atoms with Crippen LogP contribution in [0.25, 0.3) is 22.2 Å². The van der Waals surface area contributed by atoms with Crippen molar-refractivity contribution in [3.63, 3.8) is 0 Å². The van der Waals surface area contributed by atoms with Crippen LogP contribution in [0.2, 0.25) is 0 Å². The van der Waals surface area contributed by atoms with Gasteiger partial charge in [0.05, 0.1) is 27.4 Å². The number of fused-ring (bicyclic) bond motifs is 1. The van der Waals surface area contributed by atoms with Crippen LogP contribution in [0.15, 0.2) is 89.8 Å². The minimum atomic E-state index is -3.28. The van der Waals surface area contributed by atoms with Crippen LogP contribution in [0.3, 0.4) is 0 Å². The van der Waals surface area contributed by atoms with Gasteiger partial charge in [0.1, 0.15) is 0 Å². The molecule has 0 fully saturated rings. The Labute approximate surface area is 175 Å². The lowest BCUT2D eigenvalue weighted by molar-refractivity contribution is 0.102. The Morgan fingerprint density at radius 3 is 2.27 bits per heavy atom. The van der Waals surface area contributed by atoms with Crippen molar-refractivity contribution < 1.29 is 13.2 Å². The number of carbonyl (C=O) groups excluding carboxylic acids is 1. The molecular formula is C24H20N2O3S. The number of hydrogen-bond acceptors (Lipinski definition) is 4. The molecule has 4 rings (SSSR count). The first-order valence-electron chi connectivity index (χ1n) is 9.57. The van der Waals surface area contributed by atoms with Gasteiger partial charge in [0.2, 0.25) is 0 Å². The highest BCUT2D eigenvalue weighted by atomic mass is 32.2. The van der Waals surface area contributed by atoms with Gasteiger partial charge in [0.15, 0.2) is 9.84 Å². The molecular weight excluding hydrogens is 396 g/mol. The summed E-state index contributed by atoms with van der Waals surface area (Å²) in [5.41, 5.74) is 3.39. The van der Waals surface area contributed by atoms with Gasteiger partial charge in [-0.3, -0.25) is 4.79 Å². The summed E-state index contributed by atoms with van der Waals surface area (Å²) in [6, 6.07) is 25.2. The zero-order valence-corrected chi connectivity index (χ0v) is 17.2. The van der Waals surface area contributed by atoms with Crippen molar-refractivity contribution in [3.8, 4) is 11.3 Å². The molecule has 150 valence electrons. The summed E-state index contributed by atoms with van der Waals surface area (Å²) in [6.07, 6.45) is 0. The van der Waals surface area contributed by atoms with E-state index in [0.29, 0.717) is 16.9 Å². The molecule has 0 aliphatic heterocycles. The number of para-hydroxylation sites is 1. The minimum Gasteiger partial charge on any atom is -0.322 e. The Hall–Kier alpha value is -3.51. The number of anilines is 1. The molecule has 0 radical (unpaired) electrons. The van der Waals surface area contributed by atoms with Crippen LogP contribution in [0.4, 0.5) is 5.69 Å². The molecule has 0 bridgehead atoms. The second-order valence-corrected chi connectivity index (χ2v) is 9.10. The fourth-order valence-corrected chi connectivity index (χ4v) is 4.11. The van der Waals surface area contributed by atoms with Crippen LogP contribution in [-0.4, -0.2) is 25.1 Å². The molecule has 1 amide bonds. The number of benzene rings is 3. The predicted octanol–water partition coefficient (Wildman–Crippen LogP) is 4.95. The lowest BCUT2D eigenvalue weighted by atomic mass is 10.0. The second-order valence-electron chi connectivity index (χ2n) is 6.82. The SMILES string of the molecule is CCS(=O)(=O)c1ccc(NC(=O)c2cc(-c3ccccc3)nc3ccccc23)cc1. The average molecular weight is 417 g/mol. The summed E-state index contributed by atoms with van der Waals surface area (Å²) >= 11 is 0. The molecule has 3 aromatic carbocycles. The highest BCUT2D eigenvalue weighted by Crippen LogP contribution is 2.26. The predicted molar refractivity (Wildman–Crippen MR) is 119 cm³/mol. The minimum absolute atomic E-state index is 0.0317. The zero-order chi connectivity index (χ0) is 21.1. The molecule has 5 nitrogen and oxygen atoms in total. The third kappa shape index (κ3) is 3.95. The molecule has 0 atom stereocenters. The monoisotopic (exact) mass is 416 g/mol. The van der Waals surface area contributed by atoms with Crippen molar-refractivity contribution in [3.05, 3.63) is 90.5 Å². The average Bonchev–Trinajstić information content (AvgIpc) is 2.79. The van der Waals surface area contributed by atoms with Gasteiger partial charge in [0, 0.05) is 16.6 Å². The van der Waals surface area contributed by atoms with Gasteiger partial charge in [-0.1, -0.05) is 55.5 Å². The summed E-state index contributed by atoms with van der Waals surface area (Å²) in [4.78, 5) is 18.0. The Bertz CT molecular complexity index is 1320. The molecule has 0 aliphatic rings. The highest BCUT2D eigenvalue weighted by molar-refractivity contribution is 7.91. The Morgan fingerprint density at radius 2 is 1.57 bits per heavy atom. The van der Waals surface area contributed by atoms with Crippen molar-refractivity contribution in [2.75, 3.05) is 11.1 Å². The van der Waals surface area contributed by atoms with Gasteiger partial charge in [-0.15, -0.1) is 0 Å². The van der Waals surface area contributed by atoms with Crippen molar-refractivity contribution >= 4 is 32.3 Å². The van der Waals surface area contributed by atoms with E-state index in [1.165, 1.54) is 12.1 Å². The summed E-state index contributed by atoms with van der Waals surface area (Å²) in [7, 11) is -3.28. The molecule has 1 heterocycles. The molecule has 1 N–H and O–H groups in total. The van der Waals surface area contributed by atoms with Crippen LogP contribution >= 0.6 is 0 Å². The number of hydrogen-bond donors (Lipinski definition) is 1. The van der Waals surface area contributed by atoms with Gasteiger partial charge in [-0.25, -0.2) is 13.4 Å². The number of amides is 1. The Morgan fingerprint density at radius 1 is 0.900 bits per heavy atom. The van der Waals surface area contributed by atoms with E-state index in [0.717, 1.165) is 16.5 Å². The zero-order valence-electron chi connectivity index (χ0n) is 16.4. The van der Waals surface area contributed by atoms with Crippen LogP contribution in [0, 0.1) is 0 Å². The second kappa shape index (κ2) is 8.08. The van der Waals surface area contributed by atoms with Crippen molar-refractivity contribution in [2.45, 2.75) is 11.8 Å². The Kier molecular flexibility index (Phi) is 5.33. The van der Waals surface area contributed by atoms with Gasteiger partial charge in [-0.05, 0) is 36.4 Å². The largest absolute Gasteiger partial charge is 0.322 e. The summed E-state index contributed by atoms with van der Waals surface area (Å²) in [5.74, 6) is -0.249. The van der Waals surface area contributed by atoms with Gasteiger partial charge < -0.3 is 5.32 Å². The van der Waals surface area contributed by atoms with Crippen molar-refractivity contribution in [2.24, 2.45) is 0 Å². The number of pyridine rings is 1. The van der Waals surface area contributed by atoms with Crippen LogP contribution in [0.1, 0.15) is 17.3 Å². The van der Waals surface area contributed by atoms with Crippen molar-refractivity contribution in [1.29, 1.82) is 0 Å². The fraction of sp³-hybridized carbons (Fsp3) is 0.0833. The molecule has 0 saturated carbocycles. The lowest BCUT2D eigenvalue weighted by Crippen LogP contribution is -2.13. The van der Waals surface area contributed by atoms with E-state index in [9.17, 15) is 13.2 Å². The number of nitrogens with one attached hydrogen (secondary N) is 1. The van der Waals surface area contributed by atoms with Gasteiger partial charge in [0.25, 0.3) is 5.91 Å². The maximum Gasteiger partial charge on any atom is 0.256 e. The number of nitrogens with zero attached hydrogens (tertiary/aromatic N) is 1. The molecule has 4 aromatic rings.